The third kappa shape index (κ3) is 1.68. The normalized spacial score (nSPS) is 13.9. The largest absolute Gasteiger partial charge is 0.485 e. The zero-order valence-corrected chi connectivity index (χ0v) is 7.46. The number of carboxylic acids is 1. The van der Waals surface area contributed by atoms with Crippen molar-refractivity contribution in [2.24, 2.45) is 0 Å². The van der Waals surface area contributed by atoms with E-state index >= 15 is 0 Å². The molecule has 1 aromatic rings. The molecule has 0 amide bonds. The first kappa shape index (κ1) is 9.64. The van der Waals surface area contributed by atoms with Gasteiger partial charge in [0.15, 0.2) is 11.6 Å². The lowest BCUT2D eigenvalue weighted by Gasteiger charge is -2.16. The van der Waals surface area contributed by atoms with E-state index in [0.717, 1.165) is 6.07 Å². The van der Waals surface area contributed by atoms with Crippen LogP contribution in [-0.2, 0) is 4.79 Å². The zero-order valence-electron chi connectivity index (χ0n) is 7.46. The summed E-state index contributed by atoms with van der Waals surface area (Å²) in [6.45, 7) is -0.217. The van der Waals surface area contributed by atoms with E-state index in [0.29, 0.717) is 6.07 Å². The molecule has 0 saturated carbocycles. The SMILES string of the molecule is O=C(O)C1=Cc2cc(F)cc(F)c2OC1. The molecular weight excluding hydrogens is 206 g/mol. The summed E-state index contributed by atoms with van der Waals surface area (Å²) < 4.78 is 30.8. The van der Waals surface area contributed by atoms with E-state index in [1.54, 1.807) is 0 Å². The molecule has 2 rings (SSSR count). The van der Waals surface area contributed by atoms with Crippen LogP contribution in [0.3, 0.4) is 0 Å². The highest BCUT2D eigenvalue weighted by Crippen LogP contribution is 2.30. The second kappa shape index (κ2) is 3.34. The number of carbonyl (C=O) groups is 1. The van der Waals surface area contributed by atoms with Gasteiger partial charge in [-0.15, -0.1) is 0 Å². The molecule has 0 radical (unpaired) electrons. The Labute approximate surface area is 83.6 Å². The second-order valence-electron chi connectivity index (χ2n) is 3.07. The summed E-state index contributed by atoms with van der Waals surface area (Å²) in [5.41, 5.74) is 0.0728. The number of carboxylic acid groups (broad SMARTS) is 1. The van der Waals surface area contributed by atoms with Gasteiger partial charge in [-0.05, 0) is 12.1 Å². The van der Waals surface area contributed by atoms with E-state index in [4.69, 9.17) is 9.84 Å². The fourth-order valence-corrected chi connectivity index (χ4v) is 1.34. The molecule has 0 saturated heterocycles. The topological polar surface area (TPSA) is 46.5 Å². The summed E-state index contributed by atoms with van der Waals surface area (Å²) in [7, 11) is 0. The van der Waals surface area contributed by atoms with Crippen LogP contribution in [0.25, 0.3) is 6.08 Å². The van der Waals surface area contributed by atoms with E-state index in [1.165, 1.54) is 6.08 Å². The lowest BCUT2D eigenvalue weighted by atomic mass is 10.1. The second-order valence-corrected chi connectivity index (χ2v) is 3.07. The van der Waals surface area contributed by atoms with Crippen molar-refractivity contribution in [3.8, 4) is 5.75 Å². The summed E-state index contributed by atoms with van der Waals surface area (Å²) in [6.07, 6.45) is 1.20. The number of hydrogen-bond donors (Lipinski definition) is 1. The first-order chi connectivity index (χ1) is 7.08. The van der Waals surface area contributed by atoms with Crippen molar-refractivity contribution >= 4 is 12.0 Å². The molecule has 5 heteroatoms. The Hall–Kier alpha value is -1.91. The van der Waals surface area contributed by atoms with Crippen molar-refractivity contribution in [3.05, 3.63) is 34.9 Å². The third-order valence-electron chi connectivity index (χ3n) is 2.01. The third-order valence-corrected chi connectivity index (χ3v) is 2.01. The van der Waals surface area contributed by atoms with Gasteiger partial charge in [0.05, 0.1) is 5.57 Å². The van der Waals surface area contributed by atoms with Crippen molar-refractivity contribution in [1.29, 1.82) is 0 Å². The van der Waals surface area contributed by atoms with Crippen LogP contribution in [0.2, 0.25) is 0 Å². The van der Waals surface area contributed by atoms with Crippen LogP contribution >= 0.6 is 0 Å². The fourth-order valence-electron chi connectivity index (χ4n) is 1.34. The first-order valence-electron chi connectivity index (χ1n) is 4.13. The molecule has 3 nitrogen and oxygen atoms in total. The predicted octanol–water partition coefficient (Wildman–Crippen LogP) is 1.83. The predicted molar refractivity (Wildman–Crippen MR) is 47.5 cm³/mol. The van der Waals surface area contributed by atoms with Gasteiger partial charge >= 0.3 is 5.97 Å². The van der Waals surface area contributed by atoms with Gasteiger partial charge < -0.3 is 9.84 Å². The van der Waals surface area contributed by atoms with Gasteiger partial charge in [-0.2, -0.15) is 0 Å². The lowest BCUT2D eigenvalue weighted by Crippen LogP contribution is -2.15. The van der Waals surface area contributed by atoms with Crippen LogP contribution < -0.4 is 4.74 Å². The van der Waals surface area contributed by atoms with Crippen molar-refractivity contribution in [3.63, 3.8) is 0 Å². The number of aliphatic carboxylic acids is 1. The van der Waals surface area contributed by atoms with Crippen molar-refractivity contribution in [2.75, 3.05) is 6.61 Å². The van der Waals surface area contributed by atoms with Gasteiger partial charge in [0.1, 0.15) is 12.4 Å². The Bertz CT molecular complexity index is 466. The maximum absolute atomic E-state index is 13.1. The molecule has 0 unspecified atom stereocenters. The van der Waals surface area contributed by atoms with Crippen LogP contribution in [0, 0.1) is 11.6 Å². The first-order valence-corrected chi connectivity index (χ1v) is 4.13. The minimum Gasteiger partial charge on any atom is -0.485 e. The summed E-state index contributed by atoms with van der Waals surface area (Å²) in [5.74, 6) is -2.87. The highest BCUT2D eigenvalue weighted by Gasteiger charge is 2.20. The molecule has 15 heavy (non-hydrogen) atoms. The van der Waals surface area contributed by atoms with Gasteiger partial charge in [-0.25, -0.2) is 13.6 Å². The highest BCUT2D eigenvalue weighted by atomic mass is 19.1. The molecule has 0 fully saturated rings. The van der Waals surface area contributed by atoms with Gasteiger partial charge in [0.2, 0.25) is 0 Å². The minimum absolute atomic E-state index is 0.0347. The van der Waals surface area contributed by atoms with E-state index in [1.807, 2.05) is 0 Å². The van der Waals surface area contributed by atoms with E-state index < -0.39 is 17.6 Å². The molecule has 1 aliphatic rings. The van der Waals surface area contributed by atoms with Gasteiger partial charge in [-0.3, -0.25) is 0 Å². The van der Waals surface area contributed by atoms with Crippen LogP contribution in [0.15, 0.2) is 17.7 Å². The maximum Gasteiger partial charge on any atom is 0.335 e. The summed E-state index contributed by atoms with van der Waals surface area (Å²) in [5, 5.41) is 8.67. The molecule has 0 atom stereocenters. The molecule has 1 aliphatic heterocycles. The number of halogens is 2. The fraction of sp³-hybridized carbons (Fsp3) is 0.100. The van der Waals surface area contributed by atoms with E-state index in [2.05, 4.69) is 0 Å². The van der Waals surface area contributed by atoms with Crippen LogP contribution in [-0.4, -0.2) is 17.7 Å². The quantitative estimate of drug-likeness (QED) is 0.772. The van der Waals surface area contributed by atoms with Crippen LogP contribution in [0.4, 0.5) is 8.78 Å². The number of rotatable bonds is 1. The molecule has 1 aromatic carbocycles. The van der Waals surface area contributed by atoms with E-state index in [-0.39, 0.29) is 23.5 Å². The molecule has 1 N–H and O–H groups in total. The van der Waals surface area contributed by atoms with Crippen molar-refractivity contribution < 1.29 is 23.4 Å². The lowest BCUT2D eigenvalue weighted by molar-refractivity contribution is -0.132. The smallest absolute Gasteiger partial charge is 0.335 e. The van der Waals surface area contributed by atoms with Crippen molar-refractivity contribution in [1.82, 2.24) is 0 Å². The maximum atomic E-state index is 13.1. The van der Waals surface area contributed by atoms with Crippen LogP contribution in [0.1, 0.15) is 5.56 Å². The Morgan fingerprint density at radius 2 is 2.13 bits per heavy atom. The molecule has 78 valence electrons. The van der Waals surface area contributed by atoms with Crippen molar-refractivity contribution in [2.45, 2.75) is 0 Å². The number of benzene rings is 1. The van der Waals surface area contributed by atoms with E-state index in [9.17, 15) is 13.6 Å². The van der Waals surface area contributed by atoms with Gasteiger partial charge in [-0.1, -0.05) is 0 Å². The zero-order chi connectivity index (χ0) is 11.0. The Morgan fingerprint density at radius 1 is 1.40 bits per heavy atom. The van der Waals surface area contributed by atoms with Crippen LogP contribution in [0.5, 0.6) is 5.75 Å². The molecule has 0 aromatic heterocycles. The summed E-state index contributed by atoms with van der Waals surface area (Å²) in [6, 6.07) is 1.72. The number of fused-ring (bicyclic) bond motifs is 1. The molecule has 1 heterocycles. The Morgan fingerprint density at radius 3 is 2.80 bits per heavy atom. The van der Waals surface area contributed by atoms with Gasteiger partial charge in [0, 0.05) is 11.6 Å². The molecule has 0 spiro atoms. The summed E-state index contributed by atoms with van der Waals surface area (Å²) in [4.78, 5) is 10.6. The average Bonchev–Trinajstić information content (AvgIpc) is 2.16. The number of hydrogen-bond acceptors (Lipinski definition) is 2. The summed E-state index contributed by atoms with van der Waals surface area (Å²) >= 11 is 0. The monoisotopic (exact) mass is 212 g/mol. The average molecular weight is 212 g/mol. The molecule has 0 aliphatic carbocycles. The minimum atomic E-state index is -1.16. The Balaban J connectivity index is 2.54. The standard InChI is InChI=1S/C10H6F2O3/c11-7-2-5-1-6(10(13)14)4-15-9(5)8(12)3-7/h1-3H,4H2,(H,13,14). The van der Waals surface area contributed by atoms with Gasteiger partial charge in [0.25, 0.3) is 0 Å². The molecular formula is C10H6F2O3. The molecule has 0 bridgehead atoms. The Kier molecular flexibility index (Phi) is 2.15. The number of ether oxygens (including phenoxy) is 1. The highest BCUT2D eigenvalue weighted by molar-refractivity contribution is 5.93.